The lowest BCUT2D eigenvalue weighted by Gasteiger charge is -2.22. The van der Waals surface area contributed by atoms with Crippen molar-refractivity contribution in [1.82, 2.24) is 74.4 Å². The summed E-state index contributed by atoms with van der Waals surface area (Å²) in [6.07, 6.45) is 7.55. The molecule has 26 N–H and O–H groups in total. The van der Waals surface area contributed by atoms with E-state index in [2.05, 4.69) is 26.6 Å². The molecular weight excluding hydrogens is 1390 g/mol. The number of aliphatic hydroxyl groups is 8. The zero-order chi connectivity index (χ0) is 78.1. The van der Waals surface area contributed by atoms with Gasteiger partial charge in [-0.2, -0.15) is 0 Å². The SMILES string of the molecule is N[C@H](C=O)CCCCNC(=O)CNC(=O)[C@H](CO)NC(=O)[C@H](CO)NC(=O)CNC(=O)[C@H](CO)NC(=O)[C@H](CO)NC(=O)CNC(=O)[C@H](CO)NC(=O)[C@H](CO)NC(=O)CNC(=O)[C@H](CO)NC(=O)[C@H](CO)NC(=O)CC[C@H](NC(=O)CCCCCCCCCCOc1ccc(C(=O)O)cc1)C(=O)O. The number of aldehydes is 1. The zero-order valence-corrected chi connectivity index (χ0v) is 56.9. The van der Waals surface area contributed by atoms with Crippen LogP contribution in [0.3, 0.4) is 0 Å². The molecule has 0 aromatic heterocycles. The number of carbonyl (C=O) groups excluding carboxylic acids is 15. The highest BCUT2D eigenvalue weighted by atomic mass is 16.5. The number of aromatic carboxylic acids is 1. The van der Waals surface area contributed by atoms with Crippen LogP contribution in [-0.4, -0.2) is 305 Å². The van der Waals surface area contributed by atoms with Gasteiger partial charge >= 0.3 is 11.9 Å². The molecule has 0 fully saturated rings. The van der Waals surface area contributed by atoms with Gasteiger partial charge in [-0.05, 0) is 62.8 Å². The van der Waals surface area contributed by atoms with Crippen LogP contribution in [0, 0.1) is 0 Å². The van der Waals surface area contributed by atoms with E-state index in [0.29, 0.717) is 50.7 Å². The maximum Gasteiger partial charge on any atom is 0.335 e. The van der Waals surface area contributed by atoms with Gasteiger partial charge in [0, 0.05) is 19.4 Å². The van der Waals surface area contributed by atoms with Crippen LogP contribution in [0.4, 0.5) is 0 Å². The Balaban J connectivity index is 2.57. The molecule has 0 saturated carbocycles. The molecular formula is C61H97N15O28. The summed E-state index contributed by atoms with van der Waals surface area (Å²) in [5.74, 6) is -17.5. The standard InChI is InChI=1S/C61H97N15O28/c62-35(25-77)11-8-9-19-63-48(88)21-64-52(92)38(26-78)74-57(97)43(31-83)70-50(90)23-66-54(94)40(28-80)76-59(99)45(33-85)72-51(91)24-67-55(95)41(29-81)75-58(98)44(32-84)71-49(89)22-65-53(93)39(27-79)73-56(96)42(30-82)69-47(87)18-17-37(61(102)103)68-46(86)12-7-5-3-1-2-4-6-10-20-104-36-15-13-34(14-16-36)60(100)101/h13-16,25,35,37-45,78-85H,1-12,17-24,26-33,62H2,(H,63,88)(H,64,92)(H,65,93)(H,66,94)(H,67,95)(H,68,86)(H,69,87)(H,70,90)(H,71,89)(H,72,91)(H,73,96)(H,74,97)(H,75,98)(H,76,99)(H,100,101)(H,102,103)/t35-,37-,38-,39-,40-,41-,42-,43-,44-,45-/m0/s1. The number of rotatable bonds is 56. The average Bonchev–Trinajstić information content (AvgIpc) is 0.925. The quantitative estimate of drug-likeness (QED) is 0.0213. The number of ether oxygens (including phenoxy) is 1. The van der Waals surface area contributed by atoms with Crippen molar-refractivity contribution in [1.29, 1.82) is 0 Å². The summed E-state index contributed by atoms with van der Waals surface area (Å²) in [5.41, 5.74) is 5.66. The van der Waals surface area contributed by atoms with E-state index in [4.69, 9.17) is 15.6 Å². The number of carboxylic acids is 2. The number of hydrogen-bond donors (Lipinski definition) is 25. The highest BCUT2D eigenvalue weighted by Crippen LogP contribution is 2.15. The minimum Gasteiger partial charge on any atom is -0.494 e. The highest BCUT2D eigenvalue weighted by molar-refractivity contribution is 5.98. The van der Waals surface area contributed by atoms with Gasteiger partial charge in [0.05, 0.1) is 97.2 Å². The number of nitrogens with one attached hydrogen (secondary N) is 14. The molecule has 104 heavy (non-hydrogen) atoms. The molecule has 1 aromatic carbocycles. The van der Waals surface area contributed by atoms with E-state index in [9.17, 15) is 127 Å². The molecule has 584 valence electrons. The van der Waals surface area contributed by atoms with Crippen molar-refractivity contribution in [3.8, 4) is 5.75 Å². The van der Waals surface area contributed by atoms with Gasteiger partial charge in [-0.25, -0.2) is 9.59 Å². The monoisotopic (exact) mass is 1490 g/mol. The van der Waals surface area contributed by atoms with E-state index in [1.807, 2.05) is 47.9 Å². The molecule has 0 aliphatic rings. The Morgan fingerprint density at radius 3 is 1.01 bits per heavy atom. The second-order valence-corrected chi connectivity index (χ2v) is 23.0. The van der Waals surface area contributed by atoms with Crippen LogP contribution in [0.25, 0.3) is 0 Å². The summed E-state index contributed by atoms with van der Waals surface area (Å²) in [7, 11) is 0. The highest BCUT2D eigenvalue weighted by Gasteiger charge is 2.33. The average molecular weight is 1490 g/mol. The Kier molecular flexibility index (Phi) is 46.6. The van der Waals surface area contributed by atoms with E-state index in [-0.39, 0.29) is 18.5 Å². The molecule has 0 unspecified atom stereocenters. The van der Waals surface area contributed by atoms with E-state index in [1.54, 1.807) is 12.1 Å². The fraction of sp³-hybridized carbons (Fsp3) is 0.623. The largest absolute Gasteiger partial charge is 0.494 e. The first-order chi connectivity index (χ1) is 49.5. The normalized spacial score (nSPS) is 13.7. The number of aliphatic carboxylic acids is 1. The second-order valence-electron chi connectivity index (χ2n) is 23.0. The minimum absolute atomic E-state index is 0.0146. The van der Waals surface area contributed by atoms with Gasteiger partial charge in [-0.3, -0.25) is 67.1 Å². The molecule has 0 spiro atoms. The first-order valence-electron chi connectivity index (χ1n) is 32.9. The fourth-order valence-corrected chi connectivity index (χ4v) is 8.80. The maximum absolute atomic E-state index is 13.0. The van der Waals surface area contributed by atoms with Gasteiger partial charge in [-0.15, -0.1) is 0 Å². The maximum atomic E-state index is 13.0. The van der Waals surface area contributed by atoms with Crippen molar-refractivity contribution in [2.24, 2.45) is 5.73 Å². The number of unbranched alkanes of at least 4 members (excludes halogenated alkanes) is 8. The van der Waals surface area contributed by atoms with Crippen LogP contribution < -0.4 is 84.9 Å². The van der Waals surface area contributed by atoms with Crippen LogP contribution in [0.2, 0.25) is 0 Å². The number of amides is 14. The predicted octanol–water partition coefficient (Wildman–Crippen LogP) is -12.3. The number of carbonyl (C=O) groups is 17. The van der Waals surface area contributed by atoms with Crippen LogP contribution in [0.1, 0.15) is 100 Å². The lowest BCUT2D eigenvalue weighted by Crippen LogP contribution is -2.59. The first-order valence-corrected chi connectivity index (χ1v) is 32.9. The summed E-state index contributed by atoms with van der Waals surface area (Å²) in [6, 6.07) is -10.6. The van der Waals surface area contributed by atoms with Crippen molar-refractivity contribution in [2.75, 3.05) is 92.2 Å². The van der Waals surface area contributed by atoms with Gasteiger partial charge in [0.2, 0.25) is 82.7 Å². The third-order valence-electron chi connectivity index (χ3n) is 14.7. The molecule has 14 amide bonds. The van der Waals surface area contributed by atoms with Gasteiger partial charge in [0.15, 0.2) is 0 Å². The van der Waals surface area contributed by atoms with E-state index in [1.165, 1.54) is 12.1 Å². The molecule has 1 aromatic rings. The Bertz CT molecular complexity index is 2990. The Morgan fingerprint density at radius 2 is 0.663 bits per heavy atom. The number of carboxylic acid groups (broad SMARTS) is 2. The van der Waals surface area contributed by atoms with Crippen LogP contribution in [0.5, 0.6) is 5.75 Å². The molecule has 10 atom stereocenters. The molecule has 1 rings (SSSR count). The third kappa shape index (κ3) is 38.2. The Hall–Kier alpha value is -10.2. The summed E-state index contributed by atoms with van der Waals surface area (Å²) in [4.78, 5) is 212. The second kappa shape index (κ2) is 52.8. The van der Waals surface area contributed by atoms with Gasteiger partial charge < -0.3 is 141 Å². The lowest BCUT2D eigenvalue weighted by atomic mass is 10.1. The summed E-state index contributed by atoms with van der Waals surface area (Å²) in [6.45, 7) is -11.8. The molecule has 0 saturated heterocycles. The molecule has 0 aliphatic carbocycles. The van der Waals surface area contributed by atoms with Crippen molar-refractivity contribution < 1.29 is 137 Å². The summed E-state index contributed by atoms with van der Waals surface area (Å²) in [5, 5.41) is 126. The van der Waals surface area contributed by atoms with Gasteiger partial charge in [-0.1, -0.05) is 38.5 Å². The smallest absolute Gasteiger partial charge is 0.335 e. The van der Waals surface area contributed by atoms with Gasteiger partial charge in [0.25, 0.3) is 0 Å². The number of hydrogen-bond acceptors (Lipinski definition) is 27. The van der Waals surface area contributed by atoms with Gasteiger partial charge in [0.1, 0.15) is 66.4 Å². The minimum atomic E-state index is -1.90. The number of benzene rings is 1. The third-order valence-corrected chi connectivity index (χ3v) is 14.7. The van der Waals surface area contributed by atoms with Crippen molar-refractivity contribution in [3.05, 3.63) is 29.8 Å². The molecule has 0 heterocycles. The van der Waals surface area contributed by atoms with E-state index >= 15 is 0 Å². The predicted molar refractivity (Wildman–Crippen MR) is 354 cm³/mol. The first kappa shape index (κ1) is 91.9. The molecule has 0 radical (unpaired) electrons. The Labute approximate surface area is 594 Å². The number of aliphatic hydroxyl groups excluding tert-OH is 8. The summed E-state index contributed by atoms with van der Waals surface area (Å²) >= 11 is 0. The summed E-state index contributed by atoms with van der Waals surface area (Å²) < 4.78 is 5.63. The van der Waals surface area contributed by atoms with Crippen molar-refractivity contribution in [3.63, 3.8) is 0 Å². The Morgan fingerprint density at radius 1 is 0.346 bits per heavy atom. The van der Waals surface area contributed by atoms with Crippen LogP contribution in [0.15, 0.2) is 24.3 Å². The van der Waals surface area contributed by atoms with Crippen LogP contribution >= 0.6 is 0 Å². The van der Waals surface area contributed by atoms with Crippen LogP contribution in [-0.2, 0) is 76.7 Å². The number of nitrogens with two attached hydrogens (primary N) is 1. The topological polar surface area (TPSA) is 696 Å². The molecule has 43 nitrogen and oxygen atoms in total. The van der Waals surface area contributed by atoms with Crippen molar-refractivity contribution >= 4 is 101 Å². The fourth-order valence-electron chi connectivity index (χ4n) is 8.80. The molecule has 43 heteroatoms. The molecule has 0 aliphatic heterocycles. The zero-order valence-electron chi connectivity index (χ0n) is 56.9. The van der Waals surface area contributed by atoms with Crippen molar-refractivity contribution in [2.45, 2.75) is 150 Å². The van der Waals surface area contributed by atoms with E-state index < -0.39 is 247 Å². The lowest BCUT2D eigenvalue weighted by molar-refractivity contribution is -0.142. The molecule has 0 bridgehead atoms. The van der Waals surface area contributed by atoms with E-state index in [0.717, 1.165) is 38.5 Å².